The molecule has 0 aliphatic rings. The van der Waals surface area contributed by atoms with E-state index in [1.165, 1.54) is 6.07 Å². The van der Waals surface area contributed by atoms with Crippen LogP contribution in [0, 0.1) is 34.5 Å². The van der Waals surface area contributed by atoms with Crippen molar-refractivity contribution in [1.82, 2.24) is 9.97 Å². The van der Waals surface area contributed by atoms with Crippen LogP contribution >= 0.6 is 0 Å². The van der Waals surface area contributed by atoms with Crippen LogP contribution in [0.15, 0.2) is 17.3 Å². The quantitative estimate of drug-likeness (QED) is 0.815. The minimum atomic E-state index is -0.149. The Morgan fingerprint density at radius 1 is 1.18 bits per heavy atom. The van der Waals surface area contributed by atoms with Crippen molar-refractivity contribution < 1.29 is 0 Å². The van der Waals surface area contributed by atoms with Crippen LogP contribution in [0.4, 0.5) is 17.2 Å². The number of pyridine rings is 2. The molecule has 0 aliphatic carbocycles. The van der Waals surface area contributed by atoms with Crippen molar-refractivity contribution in [3.8, 4) is 12.1 Å². The Hall–Kier alpha value is -3.52. The lowest BCUT2D eigenvalue weighted by molar-refractivity contribution is 1.02. The molecule has 2 rings (SSSR count). The number of rotatable bonds is 3. The molecule has 22 heavy (non-hydrogen) atoms. The van der Waals surface area contributed by atoms with Gasteiger partial charge < -0.3 is 11.5 Å². The van der Waals surface area contributed by atoms with Crippen molar-refractivity contribution in [1.29, 1.82) is 10.5 Å². The van der Waals surface area contributed by atoms with Gasteiger partial charge in [0.25, 0.3) is 0 Å². The second kappa shape index (κ2) is 5.85. The van der Waals surface area contributed by atoms with Gasteiger partial charge in [-0.15, -0.1) is 4.91 Å². The third-order valence-corrected chi connectivity index (χ3v) is 3.19. The van der Waals surface area contributed by atoms with Crippen LogP contribution in [0.25, 0.3) is 0 Å². The summed E-state index contributed by atoms with van der Waals surface area (Å²) in [5.74, 6) is -0.149. The van der Waals surface area contributed by atoms with Gasteiger partial charge in [0, 0.05) is 23.4 Å². The summed E-state index contributed by atoms with van der Waals surface area (Å²) in [7, 11) is 0. The second-order valence-corrected chi connectivity index (χ2v) is 4.52. The molecule has 0 aliphatic heterocycles. The molecule has 0 fully saturated rings. The van der Waals surface area contributed by atoms with Crippen LogP contribution in [0.1, 0.15) is 28.2 Å². The largest absolute Gasteiger partial charge is 0.397 e. The average molecular weight is 293 g/mol. The standard InChI is InChI=1S/C14H11N7O/c1-7-10(12(17)13(18)14(19-7)21-22)4-9-3-2-8(5-15)11(6-16)20-9/h2-3H,4,18H2,1H3,(H2,17,19). The molecule has 0 saturated carbocycles. The van der Waals surface area contributed by atoms with Gasteiger partial charge in [-0.1, -0.05) is 0 Å². The number of hydrogen-bond acceptors (Lipinski definition) is 8. The highest BCUT2D eigenvalue weighted by Gasteiger charge is 2.15. The van der Waals surface area contributed by atoms with E-state index in [4.69, 9.17) is 22.0 Å². The van der Waals surface area contributed by atoms with E-state index in [2.05, 4.69) is 15.1 Å². The van der Waals surface area contributed by atoms with Crippen LogP contribution in [0.2, 0.25) is 0 Å². The van der Waals surface area contributed by atoms with Crippen LogP contribution in [-0.4, -0.2) is 9.97 Å². The van der Waals surface area contributed by atoms with Crippen molar-refractivity contribution in [3.63, 3.8) is 0 Å². The average Bonchev–Trinajstić information content (AvgIpc) is 2.54. The van der Waals surface area contributed by atoms with Gasteiger partial charge in [0.2, 0.25) is 5.82 Å². The summed E-state index contributed by atoms with van der Waals surface area (Å²) < 4.78 is 0. The summed E-state index contributed by atoms with van der Waals surface area (Å²) in [6.07, 6.45) is 0.272. The molecule has 8 heteroatoms. The molecule has 0 amide bonds. The lowest BCUT2D eigenvalue weighted by Gasteiger charge is -2.12. The van der Waals surface area contributed by atoms with Crippen molar-refractivity contribution in [2.45, 2.75) is 13.3 Å². The molecule has 0 bridgehead atoms. The zero-order chi connectivity index (χ0) is 16.3. The van der Waals surface area contributed by atoms with Gasteiger partial charge in [0.15, 0.2) is 5.69 Å². The Kier molecular flexibility index (Phi) is 3.96. The van der Waals surface area contributed by atoms with Crippen LogP contribution in [0.5, 0.6) is 0 Å². The molecular formula is C14H11N7O. The van der Waals surface area contributed by atoms with Crippen LogP contribution in [0.3, 0.4) is 0 Å². The lowest BCUT2D eigenvalue weighted by atomic mass is 10.0. The number of aromatic nitrogens is 2. The van der Waals surface area contributed by atoms with E-state index in [1.54, 1.807) is 13.0 Å². The summed E-state index contributed by atoms with van der Waals surface area (Å²) >= 11 is 0. The Labute approximate surface area is 126 Å². The number of hydrogen-bond donors (Lipinski definition) is 2. The number of nitroso groups, excluding NO2 is 1. The molecule has 2 heterocycles. The summed E-state index contributed by atoms with van der Waals surface area (Å²) in [5, 5.41) is 20.6. The SMILES string of the molecule is Cc1nc(N=O)c(N)c(N)c1Cc1ccc(C#N)c(C#N)n1. The van der Waals surface area contributed by atoms with Gasteiger partial charge in [-0.2, -0.15) is 10.5 Å². The first-order valence-corrected chi connectivity index (χ1v) is 6.19. The first-order chi connectivity index (χ1) is 10.5. The molecular weight excluding hydrogens is 282 g/mol. The molecule has 2 aromatic rings. The van der Waals surface area contributed by atoms with Crippen molar-refractivity contribution in [2.24, 2.45) is 5.18 Å². The second-order valence-electron chi connectivity index (χ2n) is 4.52. The first kappa shape index (κ1) is 14.9. The molecule has 0 saturated heterocycles. The minimum absolute atomic E-state index is 0.0183. The number of nitrogen functional groups attached to an aromatic ring is 2. The third-order valence-electron chi connectivity index (χ3n) is 3.19. The Morgan fingerprint density at radius 2 is 1.91 bits per heavy atom. The molecule has 0 aromatic carbocycles. The summed E-state index contributed by atoms with van der Waals surface area (Å²) in [4.78, 5) is 18.7. The van der Waals surface area contributed by atoms with E-state index < -0.39 is 0 Å². The molecule has 108 valence electrons. The predicted octanol–water partition coefficient (Wildman–Crippen LogP) is 1.68. The zero-order valence-electron chi connectivity index (χ0n) is 11.7. The summed E-state index contributed by atoms with van der Waals surface area (Å²) in [6.45, 7) is 1.68. The predicted molar refractivity (Wildman–Crippen MR) is 79.7 cm³/mol. The van der Waals surface area contributed by atoms with E-state index in [9.17, 15) is 4.91 Å². The minimum Gasteiger partial charge on any atom is -0.397 e. The molecule has 0 spiro atoms. The molecule has 0 unspecified atom stereocenters. The number of nitriles is 2. The van der Waals surface area contributed by atoms with Crippen LogP contribution in [-0.2, 0) is 6.42 Å². The monoisotopic (exact) mass is 293 g/mol. The fourth-order valence-electron chi connectivity index (χ4n) is 2.01. The van der Waals surface area contributed by atoms with Crippen molar-refractivity contribution >= 4 is 17.2 Å². The smallest absolute Gasteiger partial charge is 0.222 e. The van der Waals surface area contributed by atoms with Gasteiger partial charge in [-0.25, -0.2) is 9.97 Å². The van der Waals surface area contributed by atoms with Gasteiger partial charge in [-0.05, 0) is 24.2 Å². The van der Waals surface area contributed by atoms with Gasteiger partial charge >= 0.3 is 0 Å². The number of nitrogens with zero attached hydrogens (tertiary/aromatic N) is 5. The fourth-order valence-corrected chi connectivity index (χ4v) is 2.01. The summed E-state index contributed by atoms with van der Waals surface area (Å²) in [6, 6.07) is 6.91. The van der Waals surface area contributed by atoms with Gasteiger partial charge in [0.05, 0.1) is 11.3 Å². The maximum atomic E-state index is 10.6. The number of aryl methyl sites for hydroxylation is 1. The van der Waals surface area contributed by atoms with Crippen LogP contribution < -0.4 is 11.5 Å². The molecule has 0 radical (unpaired) electrons. The summed E-state index contributed by atoms with van der Waals surface area (Å²) in [5.41, 5.74) is 13.8. The number of nitrogens with two attached hydrogens (primary N) is 2. The Morgan fingerprint density at radius 3 is 2.50 bits per heavy atom. The lowest BCUT2D eigenvalue weighted by Crippen LogP contribution is -2.07. The van der Waals surface area contributed by atoms with E-state index in [-0.39, 0.29) is 34.9 Å². The Balaban J connectivity index is 2.49. The molecule has 8 nitrogen and oxygen atoms in total. The molecule has 4 N–H and O–H groups in total. The van der Waals surface area contributed by atoms with Gasteiger partial charge in [0.1, 0.15) is 17.8 Å². The maximum Gasteiger partial charge on any atom is 0.222 e. The topological polar surface area (TPSA) is 155 Å². The molecule has 2 aromatic heterocycles. The van der Waals surface area contributed by atoms with E-state index in [0.29, 0.717) is 17.0 Å². The highest BCUT2D eigenvalue weighted by molar-refractivity contribution is 5.77. The van der Waals surface area contributed by atoms with Crippen molar-refractivity contribution in [2.75, 3.05) is 11.5 Å². The fraction of sp³-hybridized carbons (Fsp3) is 0.143. The third kappa shape index (κ3) is 2.53. The highest BCUT2D eigenvalue weighted by Crippen LogP contribution is 2.31. The van der Waals surface area contributed by atoms with E-state index >= 15 is 0 Å². The highest BCUT2D eigenvalue weighted by atomic mass is 16.3. The molecule has 0 atom stereocenters. The normalized spacial score (nSPS) is 9.77. The van der Waals surface area contributed by atoms with E-state index in [1.807, 2.05) is 12.1 Å². The van der Waals surface area contributed by atoms with Gasteiger partial charge in [-0.3, -0.25) is 0 Å². The maximum absolute atomic E-state index is 10.6. The first-order valence-electron chi connectivity index (χ1n) is 6.19. The number of anilines is 2. The zero-order valence-corrected chi connectivity index (χ0v) is 11.7. The van der Waals surface area contributed by atoms with Crippen molar-refractivity contribution in [3.05, 3.63) is 45.2 Å². The van der Waals surface area contributed by atoms with E-state index in [0.717, 1.165) is 0 Å². The Bertz CT molecular complexity index is 846.